The van der Waals surface area contributed by atoms with Crippen molar-refractivity contribution in [3.8, 4) is 0 Å². The molecule has 0 aliphatic heterocycles. The first-order chi connectivity index (χ1) is 27.2. The van der Waals surface area contributed by atoms with Crippen LogP contribution in [0.4, 0.5) is 4.79 Å². The van der Waals surface area contributed by atoms with Gasteiger partial charge in [-0.05, 0) is 70.6 Å². The molecule has 2 aliphatic rings. The third-order valence-corrected chi connectivity index (χ3v) is 12.0. The predicted octanol–water partition coefficient (Wildman–Crippen LogP) is 9.43. The molecule has 13 heteroatoms. The van der Waals surface area contributed by atoms with Gasteiger partial charge in [0, 0.05) is 5.75 Å². The number of esters is 4. The molecule has 0 aromatic heterocycles. The highest BCUT2D eigenvalue weighted by molar-refractivity contribution is 7.99. The van der Waals surface area contributed by atoms with Crippen molar-refractivity contribution in [3.05, 3.63) is 0 Å². The van der Waals surface area contributed by atoms with Crippen LogP contribution >= 0.6 is 11.8 Å². The summed E-state index contributed by atoms with van der Waals surface area (Å²) in [7, 11) is 0. The quantitative estimate of drug-likeness (QED) is 0.0411. The summed E-state index contributed by atoms with van der Waals surface area (Å²) in [6.07, 6.45) is 18.5. The van der Waals surface area contributed by atoms with E-state index in [1.807, 2.05) is 34.6 Å². The topological polar surface area (TPSA) is 164 Å². The maximum Gasteiger partial charge on any atom is 0.408 e. The van der Waals surface area contributed by atoms with Gasteiger partial charge in [-0.2, -0.15) is 0 Å². The molecular formula is C44H81NO11S. The van der Waals surface area contributed by atoms with Crippen LogP contribution in [0.25, 0.3) is 0 Å². The van der Waals surface area contributed by atoms with E-state index in [1.54, 1.807) is 20.8 Å². The Labute approximate surface area is 349 Å². The van der Waals surface area contributed by atoms with Crippen LogP contribution in [0.5, 0.6) is 0 Å². The lowest BCUT2D eigenvalue weighted by Gasteiger charge is -2.39. The van der Waals surface area contributed by atoms with Crippen LogP contribution in [-0.4, -0.2) is 85.8 Å². The summed E-state index contributed by atoms with van der Waals surface area (Å²) in [6.45, 7) is 18.0. The highest BCUT2D eigenvalue weighted by Gasteiger charge is 2.34. The van der Waals surface area contributed by atoms with Crippen LogP contribution < -0.4 is 5.32 Å². The number of alkyl carbamates (subject to hydrolysis) is 1. The number of fused-ring (bicyclic) bond motifs is 1. The van der Waals surface area contributed by atoms with Crippen LogP contribution in [0, 0.1) is 35.0 Å². The van der Waals surface area contributed by atoms with E-state index >= 15 is 0 Å². The lowest BCUT2D eigenvalue weighted by molar-refractivity contribution is -0.157. The van der Waals surface area contributed by atoms with Gasteiger partial charge in [-0.3, -0.25) is 19.2 Å². The number of aliphatic hydroxyl groups is 1. The molecule has 0 saturated heterocycles. The number of nitrogens with one attached hydrogen (secondary N) is 1. The predicted molar refractivity (Wildman–Crippen MR) is 226 cm³/mol. The fraction of sp³-hybridized carbons (Fsp3) is 0.886. The smallest absolute Gasteiger partial charge is 0.408 e. The SMILES string of the molecule is CCC(C)(C)C(=O)OCCNC(=O)OCSCC(C)C(=O)OCCO.CCC(C)C(=O)OC1CCC2CCCCC2C1.CCCCCCCCOC(=O)C(C)CC. The van der Waals surface area contributed by atoms with Gasteiger partial charge in [0.15, 0.2) is 0 Å². The van der Waals surface area contributed by atoms with Crippen molar-refractivity contribution in [3.63, 3.8) is 0 Å². The van der Waals surface area contributed by atoms with E-state index in [1.165, 1.54) is 76.0 Å². The fourth-order valence-electron chi connectivity index (χ4n) is 6.11. The molecule has 2 saturated carbocycles. The molecule has 2 fully saturated rings. The Hall–Kier alpha value is -2.54. The van der Waals surface area contributed by atoms with Crippen molar-refractivity contribution in [2.75, 3.05) is 44.7 Å². The molecule has 0 bridgehead atoms. The molecular weight excluding hydrogens is 751 g/mol. The Bertz CT molecular complexity index is 1100. The van der Waals surface area contributed by atoms with Gasteiger partial charge in [0.2, 0.25) is 0 Å². The van der Waals surface area contributed by atoms with Gasteiger partial charge in [-0.25, -0.2) is 4.79 Å². The Kier molecular flexibility index (Phi) is 31.8. The average molecular weight is 832 g/mol. The molecule has 6 unspecified atom stereocenters. The first kappa shape index (κ1) is 54.5. The van der Waals surface area contributed by atoms with E-state index in [2.05, 4.69) is 12.2 Å². The van der Waals surface area contributed by atoms with Crippen molar-refractivity contribution >= 4 is 41.7 Å². The van der Waals surface area contributed by atoms with Crippen LogP contribution in [0.3, 0.4) is 0 Å². The largest absolute Gasteiger partial charge is 0.465 e. The average Bonchev–Trinajstić information content (AvgIpc) is 3.22. The number of hydrogen-bond acceptors (Lipinski definition) is 12. The number of unbranched alkanes of at least 4 members (excludes halogenated alkanes) is 5. The highest BCUT2D eigenvalue weighted by Crippen LogP contribution is 2.41. The summed E-state index contributed by atoms with van der Waals surface area (Å²) in [5.74, 6) is 1.35. The molecule has 0 heterocycles. The summed E-state index contributed by atoms with van der Waals surface area (Å²) in [4.78, 5) is 57.7. The molecule has 6 atom stereocenters. The minimum atomic E-state index is -0.617. The maximum absolute atomic E-state index is 11.8. The first-order valence-electron chi connectivity index (χ1n) is 22.0. The number of carbonyl (C=O) groups excluding carboxylic acids is 5. The van der Waals surface area contributed by atoms with Crippen molar-refractivity contribution in [1.82, 2.24) is 5.32 Å². The Balaban J connectivity index is 0.000000859. The number of aliphatic hydroxyl groups excluding tert-OH is 1. The van der Waals surface area contributed by atoms with Gasteiger partial charge in [-0.1, -0.05) is 106 Å². The molecule has 12 nitrogen and oxygen atoms in total. The minimum Gasteiger partial charge on any atom is -0.465 e. The van der Waals surface area contributed by atoms with E-state index in [9.17, 15) is 24.0 Å². The second-order valence-electron chi connectivity index (χ2n) is 16.2. The Morgan fingerprint density at radius 1 is 0.702 bits per heavy atom. The lowest BCUT2D eigenvalue weighted by atomic mass is 9.70. The second-order valence-corrected chi connectivity index (χ2v) is 17.2. The zero-order valence-electron chi connectivity index (χ0n) is 37.2. The van der Waals surface area contributed by atoms with E-state index < -0.39 is 17.5 Å². The number of carbonyl (C=O) groups is 5. The van der Waals surface area contributed by atoms with Crippen LogP contribution in [-0.2, 0) is 42.9 Å². The molecule has 334 valence electrons. The van der Waals surface area contributed by atoms with Gasteiger partial charge in [-0.15, -0.1) is 11.8 Å². The standard InChI is InChI=1S/C16H29NO7S.C15H26O2.C13H26O2/c1-5-16(3,4)14(20)23-8-6-17-15(21)24-11-25-10-12(2)13(19)22-9-7-18;1-3-11(2)15(16)17-14-9-8-12-6-4-5-7-13(12)10-14;1-4-6-7-8-9-10-11-15-13(14)12(3)5-2/h12,18H,5-11H2,1-4H3,(H,17,21);11-14H,3-10H2,1-2H3;12H,4-11H2,1-3H3. The van der Waals surface area contributed by atoms with Crippen molar-refractivity contribution in [2.45, 2.75) is 171 Å². The lowest BCUT2D eigenvalue weighted by Crippen LogP contribution is -2.34. The zero-order chi connectivity index (χ0) is 43.1. The van der Waals surface area contributed by atoms with E-state index in [0.29, 0.717) is 18.8 Å². The minimum absolute atomic E-state index is 0.0201. The normalized spacial score (nSPS) is 19.0. The molecule has 0 spiro atoms. The molecule has 2 N–H and O–H groups in total. The van der Waals surface area contributed by atoms with Crippen molar-refractivity contribution < 1.29 is 52.8 Å². The molecule has 2 aliphatic carbocycles. The van der Waals surface area contributed by atoms with Crippen molar-refractivity contribution in [2.24, 2.45) is 35.0 Å². The first-order valence-corrected chi connectivity index (χ1v) is 23.1. The van der Waals surface area contributed by atoms with Crippen LogP contribution in [0.15, 0.2) is 0 Å². The zero-order valence-corrected chi connectivity index (χ0v) is 38.0. The van der Waals surface area contributed by atoms with Crippen molar-refractivity contribution in [1.29, 1.82) is 0 Å². The summed E-state index contributed by atoms with van der Waals surface area (Å²) >= 11 is 1.27. The van der Waals surface area contributed by atoms with Gasteiger partial charge in [0.1, 0.15) is 25.3 Å². The van der Waals surface area contributed by atoms with Gasteiger partial charge in [0.25, 0.3) is 0 Å². The third-order valence-electron chi connectivity index (χ3n) is 11.0. The van der Waals surface area contributed by atoms with Crippen LogP contribution in [0.2, 0.25) is 0 Å². The summed E-state index contributed by atoms with van der Waals surface area (Å²) in [5, 5.41) is 11.0. The Morgan fingerprint density at radius 3 is 1.93 bits per heavy atom. The molecule has 57 heavy (non-hydrogen) atoms. The van der Waals surface area contributed by atoms with Crippen LogP contribution in [0.1, 0.15) is 165 Å². The number of amides is 1. The molecule has 0 radical (unpaired) electrons. The fourth-order valence-corrected chi connectivity index (χ4v) is 6.89. The highest BCUT2D eigenvalue weighted by atomic mass is 32.2. The number of thioether (sulfide) groups is 1. The van der Waals surface area contributed by atoms with Gasteiger partial charge >= 0.3 is 30.0 Å². The summed E-state index contributed by atoms with van der Waals surface area (Å²) in [6, 6.07) is 0. The molecule has 0 aromatic carbocycles. The molecule has 2 rings (SSSR count). The Morgan fingerprint density at radius 2 is 1.30 bits per heavy atom. The molecule has 1 amide bonds. The molecule has 0 aromatic rings. The number of rotatable bonds is 24. The third kappa shape index (κ3) is 26.2. The monoisotopic (exact) mass is 832 g/mol. The number of hydrogen-bond donors (Lipinski definition) is 2. The maximum atomic E-state index is 11.8. The van der Waals surface area contributed by atoms with Gasteiger partial charge < -0.3 is 34.1 Å². The van der Waals surface area contributed by atoms with Gasteiger partial charge in [0.05, 0.1) is 42.9 Å². The van der Waals surface area contributed by atoms with E-state index in [-0.39, 0.29) is 74.1 Å². The summed E-state index contributed by atoms with van der Waals surface area (Å²) in [5.41, 5.74) is -0.536. The van der Waals surface area contributed by atoms with E-state index in [0.717, 1.165) is 43.9 Å². The second kappa shape index (κ2) is 33.3. The summed E-state index contributed by atoms with van der Waals surface area (Å²) < 4.78 is 25.6. The number of ether oxygens (including phenoxy) is 5. The van der Waals surface area contributed by atoms with E-state index in [4.69, 9.17) is 28.8 Å².